The van der Waals surface area contributed by atoms with Gasteiger partial charge in [0, 0.05) is 38.9 Å². The van der Waals surface area contributed by atoms with Gasteiger partial charge in [0.05, 0.1) is 5.69 Å². The van der Waals surface area contributed by atoms with Crippen molar-refractivity contribution >= 4 is 0 Å². The van der Waals surface area contributed by atoms with E-state index in [-0.39, 0.29) is 5.41 Å². The molecule has 0 N–H and O–H groups in total. The fourth-order valence-electron chi connectivity index (χ4n) is 2.40. The summed E-state index contributed by atoms with van der Waals surface area (Å²) < 4.78 is 0. The second-order valence-electron chi connectivity index (χ2n) is 6.82. The van der Waals surface area contributed by atoms with E-state index in [1.165, 1.54) is 29.9 Å². The van der Waals surface area contributed by atoms with Crippen LogP contribution in [0.1, 0.15) is 37.6 Å². The number of pyridine rings is 1. The Kier molecular flexibility index (Phi) is 4.26. The van der Waals surface area contributed by atoms with Crippen molar-refractivity contribution in [3.05, 3.63) is 29.1 Å². The molecule has 1 aliphatic heterocycles. The highest BCUT2D eigenvalue weighted by molar-refractivity contribution is 5.28. The second-order valence-corrected chi connectivity index (χ2v) is 6.82. The van der Waals surface area contributed by atoms with Gasteiger partial charge in [0.25, 0.3) is 0 Å². The van der Waals surface area contributed by atoms with Crippen LogP contribution < -0.4 is 0 Å². The number of rotatable bonds is 2. The van der Waals surface area contributed by atoms with Gasteiger partial charge in [-0.1, -0.05) is 26.8 Å². The normalized spacial score (nSPS) is 18.8. The Labute approximate surface area is 117 Å². The van der Waals surface area contributed by atoms with Gasteiger partial charge < -0.3 is 4.90 Å². The number of hydrogen-bond acceptors (Lipinski definition) is 3. The van der Waals surface area contributed by atoms with E-state index in [0.717, 1.165) is 19.6 Å². The first-order valence-electron chi connectivity index (χ1n) is 7.23. The highest BCUT2D eigenvalue weighted by Crippen LogP contribution is 2.23. The summed E-state index contributed by atoms with van der Waals surface area (Å²) in [6.45, 7) is 14.5. The third-order valence-corrected chi connectivity index (χ3v) is 4.02. The molecule has 3 nitrogen and oxygen atoms in total. The summed E-state index contributed by atoms with van der Waals surface area (Å²) in [6, 6.07) is 2.30. The molecule has 0 saturated carbocycles. The van der Waals surface area contributed by atoms with Gasteiger partial charge in [0.2, 0.25) is 0 Å². The van der Waals surface area contributed by atoms with Gasteiger partial charge in [-0.25, -0.2) is 0 Å². The summed E-state index contributed by atoms with van der Waals surface area (Å²) in [5, 5.41) is 0. The molecule has 1 aliphatic rings. The summed E-state index contributed by atoms with van der Waals surface area (Å²) in [4.78, 5) is 9.60. The highest BCUT2D eigenvalue weighted by Gasteiger charge is 2.18. The molecule has 0 bridgehead atoms. The van der Waals surface area contributed by atoms with Crippen molar-refractivity contribution < 1.29 is 0 Å². The van der Waals surface area contributed by atoms with Gasteiger partial charge in [0.1, 0.15) is 0 Å². The standard InChI is InChI=1S/C16H27N3/c1-13-10-14(16(2,3)4)11-17-15(13)12-19-8-6-18(5)7-9-19/h10-11H,6-9,12H2,1-5H3. The molecular weight excluding hydrogens is 234 g/mol. The molecule has 2 heterocycles. The van der Waals surface area contributed by atoms with Crippen molar-refractivity contribution in [2.24, 2.45) is 0 Å². The molecule has 0 aromatic carbocycles. The lowest BCUT2D eigenvalue weighted by atomic mass is 9.87. The number of piperazine rings is 1. The van der Waals surface area contributed by atoms with Gasteiger partial charge in [-0.05, 0) is 30.5 Å². The van der Waals surface area contributed by atoms with Crippen LogP contribution in [0.5, 0.6) is 0 Å². The molecule has 0 amide bonds. The topological polar surface area (TPSA) is 19.4 Å². The molecule has 0 spiro atoms. The number of aromatic nitrogens is 1. The van der Waals surface area contributed by atoms with Gasteiger partial charge in [0.15, 0.2) is 0 Å². The fraction of sp³-hybridized carbons (Fsp3) is 0.688. The predicted octanol–water partition coefficient (Wildman–Crippen LogP) is 2.43. The van der Waals surface area contributed by atoms with Crippen molar-refractivity contribution in [1.82, 2.24) is 14.8 Å². The Morgan fingerprint density at radius 2 is 1.79 bits per heavy atom. The van der Waals surface area contributed by atoms with Gasteiger partial charge in [-0.3, -0.25) is 9.88 Å². The first kappa shape index (κ1) is 14.5. The molecule has 0 unspecified atom stereocenters. The molecule has 0 atom stereocenters. The molecule has 1 saturated heterocycles. The van der Waals surface area contributed by atoms with Gasteiger partial charge in [-0.15, -0.1) is 0 Å². The quantitative estimate of drug-likeness (QED) is 0.815. The Bertz CT molecular complexity index is 426. The summed E-state index contributed by atoms with van der Waals surface area (Å²) in [5.74, 6) is 0. The van der Waals surface area contributed by atoms with Crippen LogP contribution in [-0.4, -0.2) is 48.0 Å². The van der Waals surface area contributed by atoms with E-state index >= 15 is 0 Å². The Balaban J connectivity index is 2.05. The molecule has 106 valence electrons. The SMILES string of the molecule is Cc1cc(C(C)(C)C)cnc1CN1CCN(C)CC1. The Morgan fingerprint density at radius 1 is 1.16 bits per heavy atom. The zero-order valence-electron chi connectivity index (χ0n) is 13.0. The fourth-order valence-corrected chi connectivity index (χ4v) is 2.40. The first-order valence-corrected chi connectivity index (χ1v) is 7.23. The van der Waals surface area contributed by atoms with Crippen LogP contribution in [0.3, 0.4) is 0 Å². The maximum Gasteiger partial charge on any atom is 0.0573 e. The summed E-state index contributed by atoms with van der Waals surface area (Å²) in [7, 11) is 2.19. The molecule has 0 radical (unpaired) electrons. The average Bonchev–Trinajstić information content (AvgIpc) is 2.33. The molecule has 19 heavy (non-hydrogen) atoms. The number of nitrogens with zero attached hydrogens (tertiary/aromatic N) is 3. The number of aryl methyl sites for hydroxylation is 1. The van der Waals surface area contributed by atoms with E-state index in [1.807, 2.05) is 0 Å². The maximum absolute atomic E-state index is 4.70. The second kappa shape index (κ2) is 5.59. The molecule has 1 fully saturated rings. The molecular formula is C16H27N3. The Hall–Kier alpha value is -0.930. The number of likely N-dealkylation sites (N-methyl/N-ethyl adjacent to an activating group) is 1. The molecule has 2 rings (SSSR count). The van der Waals surface area contributed by atoms with Crippen LogP contribution in [0.25, 0.3) is 0 Å². The van der Waals surface area contributed by atoms with E-state index < -0.39 is 0 Å². The molecule has 0 aliphatic carbocycles. The van der Waals surface area contributed by atoms with Gasteiger partial charge >= 0.3 is 0 Å². The smallest absolute Gasteiger partial charge is 0.0573 e. The molecule has 1 aromatic rings. The van der Waals surface area contributed by atoms with Crippen molar-refractivity contribution in [3.8, 4) is 0 Å². The van der Waals surface area contributed by atoms with Crippen LogP contribution in [0.4, 0.5) is 0 Å². The Morgan fingerprint density at radius 3 is 2.32 bits per heavy atom. The molecule has 1 aromatic heterocycles. The van der Waals surface area contributed by atoms with Crippen LogP contribution in [0.2, 0.25) is 0 Å². The lowest BCUT2D eigenvalue weighted by Crippen LogP contribution is -2.44. The zero-order chi connectivity index (χ0) is 14.0. The van der Waals surface area contributed by atoms with Gasteiger partial charge in [-0.2, -0.15) is 0 Å². The minimum absolute atomic E-state index is 0.185. The maximum atomic E-state index is 4.70. The van der Waals surface area contributed by atoms with Crippen LogP contribution in [0.15, 0.2) is 12.3 Å². The summed E-state index contributed by atoms with van der Waals surface area (Å²) in [5.41, 5.74) is 4.07. The molecule has 3 heteroatoms. The minimum atomic E-state index is 0.185. The monoisotopic (exact) mass is 261 g/mol. The summed E-state index contributed by atoms with van der Waals surface area (Å²) in [6.07, 6.45) is 2.05. The third kappa shape index (κ3) is 3.77. The zero-order valence-corrected chi connectivity index (χ0v) is 13.0. The lowest BCUT2D eigenvalue weighted by molar-refractivity contribution is 0.146. The van der Waals surface area contributed by atoms with Crippen molar-refractivity contribution in [3.63, 3.8) is 0 Å². The predicted molar refractivity (Wildman–Crippen MR) is 80.4 cm³/mol. The van der Waals surface area contributed by atoms with E-state index in [9.17, 15) is 0 Å². The van der Waals surface area contributed by atoms with E-state index in [1.54, 1.807) is 0 Å². The number of hydrogen-bond donors (Lipinski definition) is 0. The van der Waals surface area contributed by atoms with Crippen molar-refractivity contribution in [2.45, 2.75) is 39.7 Å². The van der Waals surface area contributed by atoms with Crippen molar-refractivity contribution in [2.75, 3.05) is 33.2 Å². The minimum Gasteiger partial charge on any atom is -0.304 e. The van der Waals surface area contributed by atoms with E-state index in [4.69, 9.17) is 4.98 Å². The average molecular weight is 261 g/mol. The first-order chi connectivity index (χ1) is 8.86. The van der Waals surface area contributed by atoms with E-state index in [0.29, 0.717) is 0 Å². The van der Waals surface area contributed by atoms with Crippen LogP contribution in [-0.2, 0) is 12.0 Å². The van der Waals surface area contributed by atoms with Crippen LogP contribution in [0, 0.1) is 6.92 Å². The van der Waals surface area contributed by atoms with Crippen molar-refractivity contribution in [1.29, 1.82) is 0 Å². The largest absolute Gasteiger partial charge is 0.304 e. The lowest BCUT2D eigenvalue weighted by Gasteiger charge is -2.32. The highest BCUT2D eigenvalue weighted by atomic mass is 15.2. The van der Waals surface area contributed by atoms with Crippen LogP contribution >= 0.6 is 0 Å². The third-order valence-electron chi connectivity index (χ3n) is 4.02. The van der Waals surface area contributed by atoms with E-state index in [2.05, 4.69) is 56.8 Å². The summed E-state index contributed by atoms with van der Waals surface area (Å²) >= 11 is 0.